The van der Waals surface area contributed by atoms with E-state index in [-0.39, 0.29) is 17.8 Å². The zero-order chi connectivity index (χ0) is 14.2. The summed E-state index contributed by atoms with van der Waals surface area (Å²) in [7, 11) is 0. The van der Waals surface area contributed by atoms with Crippen LogP contribution in [0.4, 0.5) is 15.8 Å². The number of hydrogen-bond acceptors (Lipinski definition) is 4. The fourth-order valence-corrected chi connectivity index (χ4v) is 2.61. The van der Waals surface area contributed by atoms with Crippen molar-refractivity contribution in [3.63, 3.8) is 0 Å². The van der Waals surface area contributed by atoms with Crippen LogP contribution in [-0.2, 0) is 0 Å². The molecular formula is C15H18FN3O. The zero-order valence-electron chi connectivity index (χ0n) is 11.2. The molecule has 106 valence electrons. The number of anilines is 2. The molecule has 0 amide bonds. The minimum atomic E-state index is -0.381. The van der Waals surface area contributed by atoms with Crippen LogP contribution in [0.25, 0.3) is 10.9 Å². The third-order valence-corrected chi connectivity index (χ3v) is 4.12. The van der Waals surface area contributed by atoms with Gasteiger partial charge in [-0.3, -0.25) is 4.98 Å². The molecule has 1 aliphatic carbocycles. The highest BCUT2D eigenvalue weighted by atomic mass is 19.1. The highest BCUT2D eigenvalue weighted by molar-refractivity contribution is 5.98. The Morgan fingerprint density at radius 3 is 2.95 bits per heavy atom. The van der Waals surface area contributed by atoms with Crippen LogP contribution in [0.3, 0.4) is 0 Å². The van der Waals surface area contributed by atoms with E-state index < -0.39 is 0 Å². The van der Waals surface area contributed by atoms with E-state index in [0.29, 0.717) is 23.4 Å². The van der Waals surface area contributed by atoms with Crippen molar-refractivity contribution in [1.29, 1.82) is 0 Å². The van der Waals surface area contributed by atoms with Gasteiger partial charge in [0.05, 0.1) is 11.2 Å². The first kappa shape index (κ1) is 13.1. The first-order valence-electron chi connectivity index (χ1n) is 6.83. The summed E-state index contributed by atoms with van der Waals surface area (Å²) >= 11 is 0. The highest BCUT2D eigenvalue weighted by Gasteiger charge is 2.41. The van der Waals surface area contributed by atoms with E-state index in [1.165, 1.54) is 6.07 Å². The van der Waals surface area contributed by atoms with Crippen molar-refractivity contribution in [1.82, 2.24) is 4.98 Å². The van der Waals surface area contributed by atoms with Crippen molar-refractivity contribution in [3.05, 3.63) is 30.2 Å². The molecule has 4 nitrogen and oxygen atoms in total. The molecule has 4 N–H and O–H groups in total. The molecule has 1 fully saturated rings. The topological polar surface area (TPSA) is 71.2 Å². The molecule has 0 bridgehead atoms. The maximum atomic E-state index is 14.1. The molecule has 5 heteroatoms. The summed E-state index contributed by atoms with van der Waals surface area (Å²) in [4.78, 5) is 4.24. The maximum absolute atomic E-state index is 14.1. The molecule has 1 aromatic heterocycles. The van der Waals surface area contributed by atoms with Crippen LogP contribution in [0.2, 0.25) is 0 Å². The van der Waals surface area contributed by atoms with Crippen LogP contribution in [0, 0.1) is 11.2 Å². The first-order chi connectivity index (χ1) is 9.65. The van der Waals surface area contributed by atoms with Crippen LogP contribution < -0.4 is 11.1 Å². The van der Waals surface area contributed by atoms with Crippen LogP contribution in [-0.4, -0.2) is 23.2 Å². The van der Waals surface area contributed by atoms with Gasteiger partial charge in [0, 0.05) is 30.4 Å². The van der Waals surface area contributed by atoms with Gasteiger partial charge in [-0.25, -0.2) is 4.39 Å². The lowest BCUT2D eigenvalue weighted by molar-refractivity contribution is 0.253. The van der Waals surface area contributed by atoms with E-state index in [2.05, 4.69) is 10.3 Å². The number of fused-ring (bicyclic) bond motifs is 1. The fraction of sp³-hybridized carbons (Fsp3) is 0.400. The molecule has 0 saturated heterocycles. The lowest BCUT2D eigenvalue weighted by Gasteiger charge is -2.17. The minimum absolute atomic E-state index is 0.115. The van der Waals surface area contributed by atoms with Crippen LogP contribution in [0.15, 0.2) is 24.4 Å². The van der Waals surface area contributed by atoms with Gasteiger partial charge < -0.3 is 16.2 Å². The van der Waals surface area contributed by atoms with Crippen molar-refractivity contribution in [2.45, 2.75) is 19.3 Å². The number of nitrogens with one attached hydrogen (secondary N) is 1. The van der Waals surface area contributed by atoms with Gasteiger partial charge in [-0.1, -0.05) is 0 Å². The van der Waals surface area contributed by atoms with Crippen LogP contribution in [0.5, 0.6) is 0 Å². The Hall–Kier alpha value is -1.88. The molecule has 1 heterocycles. The van der Waals surface area contributed by atoms with Gasteiger partial charge in [0.2, 0.25) is 0 Å². The number of aliphatic hydroxyl groups excluding tert-OH is 1. The van der Waals surface area contributed by atoms with Gasteiger partial charge >= 0.3 is 0 Å². The van der Waals surface area contributed by atoms with E-state index in [1.54, 1.807) is 12.3 Å². The summed E-state index contributed by atoms with van der Waals surface area (Å²) in [5.74, 6) is -0.381. The smallest absolute Gasteiger partial charge is 0.150 e. The molecule has 1 saturated carbocycles. The quantitative estimate of drug-likeness (QED) is 0.733. The zero-order valence-corrected chi connectivity index (χ0v) is 11.2. The van der Waals surface area contributed by atoms with Gasteiger partial charge in [-0.2, -0.15) is 0 Å². The molecule has 1 aromatic carbocycles. The second-order valence-electron chi connectivity index (χ2n) is 5.55. The Kier molecular flexibility index (Phi) is 3.22. The second kappa shape index (κ2) is 4.90. The van der Waals surface area contributed by atoms with Gasteiger partial charge in [0.1, 0.15) is 0 Å². The highest BCUT2D eigenvalue weighted by Crippen LogP contribution is 2.48. The summed E-state index contributed by atoms with van der Waals surface area (Å²) in [6, 6.07) is 4.95. The summed E-state index contributed by atoms with van der Waals surface area (Å²) < 4.78 is 14.1. The molecule has 0 spiro atoms. The van der Waals surface area contributed by atoms with Gasteiger partial charge in [-0.05, 0) is 42.9 Å². The molecule has 20 heavy (non-hydrogen) atoms. The number of hydrogen-bond donors (Lipinski definition) is 3. The van der Waals surface area contributed by atoms with Gasteiger partial charge in [0.15, 0.2) is 5.82 Å². The van der Waals surface area contributed by atoms with Crippen molar-refractivity contribution >= 4 is 22.3 Å². The summed E-state index contributed by atoms with van der Waals surface area (Å²) in [6.45, 7) is 0.824. The van der Waals surface area contributed by atoms with Gasteiger partial charge in [0.25, 0.3) is 0 Å². The largest absolute Gasteiger partial charge is 0.398 e. The van der Waals surface area contributed by atoms with Crippen molar-refractivity contribution < 1.29 is 9.50 Å². The fourth-order valence-electron chi connectivity index (χ4n) is 2.61. The first-order valence-corrected chi connectivity index (χ1v) is 6.83. The molecule has 2 aromatic rings. The minimum Gasteiger partial charge on any atom is -0.398 e. The number of nitrogens with two attached hydrogens (primary N) is 1. The Bertz CT molecular complexity index is 640. The Balaban J connectivity index is 1.91. The predicted molar refractivity (Wildman–Crippen MR) is 78.0 cm³/mol. The summed E-state index contributed by atoms with van der Waals surface area (Å²) in [5, 5.41) is 13.0. The van der Waals surface area contributed by atoms with Crippen molar-refractivity contribution in [2.24, 2.45) is 5.41 Å². The third-order valence-electron chi connectivity index (χ3n) is 4.12. The molecule has 3 rings (SSSR count). The second-order valence-corrected chi connectivity index (χ2v) is 5.55. The maximum Gasteiger partial charge on any atom is 0.150 e. The lowest BCUT2D eigenvalue weighted by atomic mass is 10.0. The Morgan fingerprint density at radius 1 is 1.45 bits per heavy atom. The van der Waals surface area contributed by atoms with Gasteiger partial charge in [-0.15, -0.1) is 0 Å². The number of rotatable bonds is 5. The number of halogens is 1. The normalized spacial score (nSPS) is 16.3. The number of aliphatic hydroxyl groups is 1. The van der Waals surface area contributed by atoms with Crippen molar-refractivity contribution in [2.75, 3.05) is 24.2 Å². The Morgan fingerprint density at radius 2 is 2.25 bits per heavy atom. The number of benzene rings is 1. The monoisotopic (exact) mass is 275 g/mol. The molecular weight excluding hydrogens is 257 g/mol. The summed E-state index contributed by atoms with van der Waals surface area (Å²) in [6.07, 6.45) is 4.53. The van der Waals surface area contributed by atoms with E-state index in [9.17, 15) is 4.39 Å². The average Bonchev–Trinajstić information content (AvgIpc) is 3.19. The average molecular weight is 275 g/mol. The molecule has 0 unspecified atom stereocenters. The van der Waals surface area contributed by atoms with Crippen LogP contribution in [0.1, 0.15) is 19.3 Å². The number of nitrogen functional groups attached to an aromatic ring is 1. The van der Waals surface area contributed by atoms with E-state index in [0.717, 1.165) is 24.6 Å². The van der Waals surface area contributed by atoms with E-state index in [1.807, 2.05) is 6.07 Å². The molecule has 0 radical (unpaired) electrons. The van der Waals surface area contributed by atoms with Crippen LogP contribution >= 0.6 is 0 Å². The predicted octanol–water partition coefficient (Wildman–Crippen LogP) is 2.53. The molecule has 0 atom stereocenters. The number of aromatic nitrogens is 1. The summed E-state index contributed by atoms with van der Waals surface area (Å²) in [5.41, 5.74) is 7.30. The third kappa shape index (κ3) is 2.29. The SMILES string of the molecule is Nc1cc(F)c(NCC2(CCO)CC2)c2ncccc12. The Labute approximate surface area is 116 Å². The van der Waals surface area contributed by atoms with E-state index >= 15 is 0 Å². The number of nitrogens with zero attached hydrogens (tertiary/aromatic N) is 1. The van der Waals surface area contributed by atoms with Crippen molar-refractivity contribution in [3.8, 4) is 0 Å². The standard InChI is InChI=1S/C15H18FN3O/c16-11-8-12(17)10-2-1-6-18-13(10)14(11)19-9-15(3-4-15)5-7-20/h1-2,6,8,19-20H,3-5,7,9,17H2. The molecule has 1 aliphatic rings. The molecule has 0 aliphatic heterocycles. The lowest BCUT2D eigenvalue weighted by Crippen LogP contribution is -2.18. The number of pyridine rings is 1. The van der Waals surface area contributed by atoms with E-state index in [4.69, 9.17) is 10.8 Å².